The summed E-state index contributed by atoms with van der Waals surface area (Å²) in [5, 5.41) is 2.86. The van der Waals surface area contributed by atoms with E-state index in [1.807, 2.05) is 12.4 Å². The molecule has 126 valence electrons. The van der Waals surface area contributed by atoms with Crippen LogP contribution in [-0.4, -0.2) is 61.3 Å². The third-order valence-electron chi connectivity index (χ3n) is 4.59. The minimum atomic E-state index is 0.0562. The number of methoxy groups -OCH3 is 1. The molecule has 2 saturated heterocycles. The molecule has 6 nitrogen and oxygen atoms in total. The number of rotatable bonds is 7. The minimum Gasteiger partial charge on any atom is -0.383 e. The predicted molar refractivity (Wildman–Crippen MR) is 85.8 cm³/mol. The van der Waals surface area contributed by atoms with Crippen molar-refractivity contribution in [3.8, 4) is 0 Å². The molecule has 0 bridgehead atoms. The van der Waals surface area contributed by atoms with Gasteiger partial charge in [0.2, 0.25) is 5.91 Å². The van der Waals surface area contributed by atoms with E-state index in [1.54, 1.807) is 7.11 Å². The highest BCUT2D eigenvalue weighted by atomic mass is 16.5. The lowest BCUT2D eigenvalue weighted by Gasteiger charge is -2.19. The molecule has 0 spiro atoms. The smallest absolute Gasteiger partial charge is 0.222 e. The second kappa shape index (κ2) is 7.86. The van der Waals surface area contributed by atoms with Gasteiger partial charge in [-0.3, -0.25) is 14.7 Å². The van der Waals surface area contributed by atoms with Crippen molar-refractivity contribution in [2.75, 3.05) is 33.4 Å². The van der Waals surface area contributed by atoms with Crippen molar-refractivity contribution in [1.82, 2.24) is 15.2 Å². The molecule has 3 rings (SSSR count). The summed E-state index contributed by atoms with van der Waals surface area (Å²) in [6, 6.07) is 4.12. The molecule has 2 aliphatic rings. The fourth-order valence-corrected chi connectivity index (χ4v) is 3.53. The van der Waals surface area contributed by atoms with Gasteiger partial charge in [0.05, 0.1) is 25.2 Å². The van der Waals surface area contributed by atoms with Crippen LogP contribution in [0.25, 0.3) is 0 Å². The van der Waals surface area contributed by atoms with E-state index >= 15 is 0 Å². The number of aromatic nitrogens is 1. The first-order valence-electron chi connectivity index (χ1n) is 8.27. The van der Waals surface area contributed by atoms with Crippen LogP contribution >= 0.6 is 0 Å². The Labute approximate surface area is 137 Å². The van der Waals surface area contributed by atoms with E-state index in [4.69, 9.17) is 9.47 Å². The SMILES string of the molecule is COCCNC(=O)C[C@@H]1C[C@H]2CN(Cc3ccncc3)C[C@H]2O1. The van der Waals surface area contributed by atoms with Crippen LogP contribution in [0.5, 0.6) is 0 Å². The van der Waals surface area contributed by atoms with Crippen LogP contribution in [0.3, 0.4) is 0 Å². The van der Waals surface area contributed by atoms with Gasteiger partial charge in [0.15, 0.2) is 0 Å². The van der Waals surface area contributed by atoms with Crippen molar-refractivity contribution in [2.45, 2.75) is 31.6 Å². The second-order valence-corrected chi connectivity index (χ2v) is 6.39. The number of hydrogen-bond donors (Lipinski definition) is 1. The van der Waals surface area contributed by atoms with Crippen LogP contribution in [0.15, 0.2) is 24.5 Å². The lowest BCUT2D eigenvalue weighted by atomic mass is 10.0. The summed E-state index contributed by atoms with van der Waals surface area (Å²) >= 11 is 0. The van der Waals surface area contributed by atoms with Gasteiger partial charge in [-0.25, -0.2) is 0 Å². The molecular formula is C17H25N3O3. The zero-order chi connectivity index (χ0) is 16.1. The normalized spacial score (nSPS) is 27.1. The number of pyridine rings is 1. The summed E-state index contributed by atoms with van der Waals surface area (Å²) < 4.78 is 11.0. The van der Waals surface area contributed by atoms with E-state index in [9.17, 15) is 4.79 Å². The Bertz CT molecular complexity index is 497. The van der Waals surface area contributed by atoms with Crippen LogP contribution in [0, 0.1) is 5.92 Å². The number of amides is 1. The largest absolute Gasteiger partial charge is 0.383 e. The molecule has 3 heterocycles. The van der Waals surface area contributed by atoms with Crippen LogP contribution < -0.4 is 5.32 Å². The maximum absolute atomic E-state index is 11.8. The van der Waals surface area contributed by atoms with E-state index in [0.717, 1.165) is 26.1 Å². The summed E-state index contributed by atoms with van der Waals surface area (Å²) in [5.74, 6) is 0.606. The van der Waals surface area contributed by atoms with Gasteiger partial charge in [-0.05, 0) is 24.1 Å². The number of likely N-dealkylation sites (tertiary alicyclic amines) is 1. The molecule has 0 radical (unpaired) electrons. The highest BCUT2D eigenvalue weighted by Crippen LogP contribution is 2.34. The maximum atomic E-state index is 11.8. The number of ether oxygens (including phenoxy) is 2. The number of carbonyl (C=O) groups is 1. The average Bonchev–Trinajstić information content (AvgIpc) is 3.06. The molecule has 0 saturated carbocycles. The van der Waals surface area contributed by atoms with Crippen LogP contribution in [0.1, 0.15) is 18.4 Å². The minimum absolute atomic E-state index is 0.0562. The van der Waals surface area contributed by atoms with Crippen LogP contribution in [0.2, 0.25) is 0 Å². The Morgan fingerprint density at radius 1 is 1.43 bits per heavy atom. The number of carbonyl (C=O) groups excluding carboxylic acids is 1. The van der Waals surface area contributed by atoms with Gasteiger partial charge in [0.1, 0.15) is 0 Å². The molecule has 23 heavy (non-hydrogen) atoms. The van der Waals surface area contributed by atoms with Gasteiger partial charge in [-0.15, -0.1) is 0 Å². The number of nitrogens with one attached hydrogen (secondary N) is 1. The lowest BCUT2D eigenvalue weighted by Crippen LogP contribution is -2.31. The molecule has 1 aromatic heterocycles. The summed E-state index contributed by atoms with van der Waals surface area (Å²) in [5.41, 5.74) is 1.29. The molecule has 1 aromatic rings. The van der Waals surface area contributed by atoms with Crippen molar-refractivity contribution < 1.29 is 14.3 Å². The quantitative estimate of drug-likeness (QED) is 0.754. The first kappa shape index (κ1) is 16.4. The fraction of sp³-hybridized carbons (Fsp3) is 0.647. The molecule has 1 N–H and O–H groups in total. The Morgan fingerprint density at radius 3 is 3.00 bits per heavy atom. The molecular weight excluding hydrogens is 294 g/mol. The summed E-state index contributed by atoms with van der Waals surface area (Å²) in [6.45, 7) is 4.06. The van der Waals surface area contributed by atoms with Crippen molar-refractivity contribution in [3.63, 3.8) is 0 Å². The standard InChI is InChI=1S/C17H25N3O3/c1-22-7-6-19-17(21)9-15-8-14-11-20(12-16(14)23-15)10-13-2-4-18-5-3-13/h2-5,14-16H,6-12H2,1H3,(H,19,21)/t14-,15-,16+/m0/s1. The van der Waals surface area contributed by atoms with E-state index in [0.29, 0.717) is 25.5 Å². The van der Waals surface area contributed by atoms with Crippen molar-refractivity contribution in [1.29, 1.82) is 0 Å². The molecule has 2 fully saturated rings. The van der Waals surface area contributed by atoms with E-state index in [-0.39, 0.29) is 18.1 Å². The zero-order valence-electron chi connectivity index (χ0n) is 13.6. The Hall–Kier alpha value is -1.50. The van der Waals surface area contributed by atoms with Gasteiger partial charge in [0, 0.05) is 51.6 Å². The third kappa shape index (κ3) is 4.50. The summed E-state index contributed by atoms with van der Waals surface area (Å²) in [6.07, 6.45) is 5.45. The van der Waals surface area contributed by atoms with Gasteiger partial charge in [0.25, 0.3) is 0 Å². The maximum Gasteiger partial charge on any atom is 0.222 e. The Morgan fingerprint density at radius 2 is 2.26 bits per heavy atom. The molecule has 0 aromatic carbocycles. The Balaban J connectivity index is 1.40. The molecule has 3 atom stereocenters. The molecule has 1 amide bonds. The van der Waals surface area contributed by atoms with Gasteiger partial charge in [-0.1, -0.05) is 0 Å². The molecule has 2 aliphatic heterocycles. The lowest BCUT2D eigenvalue weighted by molar-refractivity contribution is -0.124. The number of fused-ring (bicyclic) bond motifs is 1. The van der Waals surface area contributed by atoms with Crippen molar-refractivity contribution >= 4 is 5.91 Å². The monoisotopic (exact) mass is 319 g/mol. The van der Waals surface area contributed by atoms with Gasteiger partial charge >= 0.3 is 0 Å². The fourth-order valence-electron chi connectivity index (χ4n) is 3.53. The summed E-state index contributed by atoms with van der Waals surface area (Å²) in [4.78, 5) is 18.3. The first-order chi connectivity index (χ1) is 11.2. The first-order valence-corrected chi connectivity index (χ1v) is 8.27. The molecule has 0 aliphatic carbocycles. The highest BCUT2D eigenvalue weighted by molar-refractivity contribution is 5.76. The second-order valence-electron chi connectivity index (χ2n) is 6.39. The topological polar surface area (TPSA) is 63.7 Å². The van der Waals surface area contributed by atoms with Crippen molar-refractivity contribution in [2.24, 2.45) is 5.92 Å². The number of hydrogen-bond acceptors (Lipinski definition) is 5. The van der Waals surface area contributed by atoms with E-state index < -0.39 is 0 Å². The van der Waals surface area contributed by atoms with Crippen LogP contribution in [-0.2, 0) is 20.8 Å². The molecule has 0 unspecified atom stereocenters. The predicted octanol–water partition coefficient (Wildman–Crippen LogP) is 0.824. The third-order valence-corrected chi connectivity index (χ3v) is 4.59. The Kier molecular flexibility index (Phi) is 5.59. The number of nitrogens with zero attached hydrogens (tertiary/aromatic N) is 2. The van der Waals surface area contributed by atoms with Crippen molar-refractivity contribution in [3.05, 3.63) is 30.1 Å². The highest BCUT2D eigenvalue weighted by Gasteiger charge is 2.42. The van der Waals surface area contributed by atoms with Gasteiger partial charge < -0.3 is 14.8 Å². The zero-order valence-corrected chi connectivity index (χ0v) is 13.6. The average molecular weight is 319 g/mol. The van der Waals surface area contributed by atoms with Crippen LogP contribution in [0.4, 0.5) is 0 Å². The summed E-state index contributed by atoms with van der Waals surface area (Å²) in [7, 11) is 1.63. The molecule has 6 heteroatoms. The van der Waals surface area contributed by atoms with E-state index in [1.165, 1.54) is 5.56 Å². The van der Waals surface area contributed by atoms with E-state index in [2.05, 4.69) is 27.3 Å². The van der Waals surface area contributed by atoms with Gasteiger partial charge in [-0.2, -0.15) is 0 Å².